The topological polar surface area (TPSA) is 43.6 Å². The average Bonchev–Trinajstić information content (AvgIpc) is 2.81. The largest absolute Gasteiger partial charge is 0.467 e. The standard InChI is InChI=1S/C13H23NO3/c1-12(10-15-2)9-14-6-4-7-16-11-13-5-3-8-17-13/h3,5,8,12,14H,4,6-7,9-11H2,1-2H3. The molecule has 0 fully saturated rings. The number of rotatable bonds is 10. The third kappa shape index (κ3) is 7.15. The van der Waals surface area contributed by atoms with Gasteiger partial charge < -0.3 is 19.2 Å². The van der Waals surface area contributed by atoms with Gasteiger partial charge in [0.2, 0.25) is 0 Å². The molecule has 0 amide bonds. The van der Waals surface area contributed by atoms with Gasteiger partial charge in [-0.05, 0) is 37.6 Å². The molecule has 0 saturated heterocycles. The molecule has 0 saturated carbocycles. The third-order valence-electron chi connectivity index (χ3n) is 2.41. The average molecular weight is 241 g/mol. The molecule has 4 nitrogen and oxygen atoms in total. The lowest BCUT2D eigenvalue weighted by atomic mass is 10.2. The summed E-state index contributed by atoms with van der Waals surface area (Å²) in [5.74, 6) is 1.44. The van der Waals surface area contributed by atoms with Crippen LogP contribution in [0.4, 0.5) is 0 Å². The molecular weight excluding hydrogens is 218 g/mol. The van der Waals surface area contributed by atoms with Crippen LogP contribution in [0.5, 0.6) is 0 Å². The van der Waals surface area contributed by atoms with Crippen LogP contribution in [-0.2, 0) is 16.1 Å². The van der Waals surface area contributed by atoms with Crippen molar-refractivity contribution in [2.45, 2.75) is 20.0 Å². The first kappa shape index (κ1) is 14.2. The van der Waals surface area contributed by atoms with Crippen molar-refractivity contribution >= 4 is 0 Å². The molecule has 0 spiro atoms. The van der Waals surface area contributed by atoms with Gasteiger partial charge in [0.1, 0.15) is 12.4 Å². The zero-order valence-corrected chi connectivity index (χ0v) is 10.8. The fourth-order valence-electron chi connectivity index (χ4n) is 1.56. The van der Waals surface area contributed by atoms with Gasteiger partial charge >= 0.3 is 0 Å². The Balaban J connectivity index is 1.84. The van der Waals surface area contributed by atoms with Crippen molar-refractivity contribution in [3.05, 3.63) is 24.2 Å². The molecule has 0 aliphatic heterocycles. The second kappa shape index (κ2) is 9.22. The van der Waals surface area contributed by atoms with Gasteiger partial charge in [-0.1, -0.05) is 6.92 Å². The summed E-state index contributed by atoms with van der Waals surface area (Å²) in [5.41, 5.74) is 0. The second-order valence-corrected chi connectivity index (χ2v) is 4.25. The fourth-order valence-corrected chi connectivity index (χ4v) is 1.56. The summed E-state index contributed by atoms with van der Waals surface area (Å²) >= 11 is 0. The van der Waals surface area contributed by atoms with E-state index in [4.69, 9.17) is 13.9 Å². The third-order valence-corrected chi connectivity index (χ3v) is 2.41. The molecule has 1 rings (SSSR count). The number of furan rings is 1. The van der Waals surface area contributed by atoms with E-state index in [0.29, 0.717) is 12.5 Å². The molecule has 1 aromatic rings. The first-order chi connectivity index (χ1) is 8.33. The summed E-state index contributed by atoms with van der Waals surface area (Å²) in [4.78, 5) is 0. The van der Waals surface area contributed by atoms with Crippen LogP contribution in [0.3, 0.4) is 0 Å². The van der Waals surface area contributed by atoms with Gasteiger partial charge in [0.05, 0.1) is 6.26 Å². The first-order valence-corrected chi connectivity index (χ1v) is 6.12. The van der Waals surface area contributed by atoms with Crippen molar-refractivity contribution in [2.24, 2.45) is 5.92 Å². The molecule has 98 valence electrons. The Morgan fingerprint density at radius 1 is 1.47 bits per heavy atom. The maximum absolute atomic E-state index is 5.47. The molecule has 4 heteroatoms. The van der Waals surface area contributed by atoms with Crippen LogP contribution in [0.15, 0.2) is 22.8 Å². The number of methoxy groups -OCH3 is 1. The molecule has 1 atom stereocenters. The smallest absolute Gasteiger partial charge is 0.129 e. The van der Waals surface area contributed by atoms with Crippen molar-refractivity contribution < 1.29 is 13.9 Å². The lowest BCUT2D eigenvalue weighted by Gasteiger charge is -2.11. The number of hydrogen-bond acceptors (Lipinski definition) is 4. The van der Waals surface area contributed by atoms with E-state index in [-0.39, 0.29) is 0 Å². The van der Waals surface area contributed by atoms with Gasteiger partial charge in [-0.15, -0.1) is 0 Å². The van der Waals surface area contributed by atoms with Crippen LogP contribution >= 0.6 is 0 Å². The van der Waals surface area contributed by atoms with Crippen LogP contribution in [0, 0.1) is 5.92 Å². The molecule has 0 bridgehead atoms. The molecule has 0 aliphatic carbocycles. The number of hydrogen-bond donors (Lipinski definition) is 1. The van der Waals surface area contributed by atoms with Gasteiger partial charge in [0.15, 0.2) is 0 Å². The minimum atomic E-state index is 0.559. The Hall–Kier alpha value is -0.840. The molecule has 0 radical (unpaired) electrons. The predicted octanol–water partition coefficient (Wildman–Crippen LogP) is 2.06. The van der Waals surface area contributed by atoms with Crippen LogP contribution < -0.4 is 5.32 Å². The van der Waals surface area contributed by atoms with Gasteiger partial charge in [-0.3, -0.25) is 0 Å². The van der Waals surface area contributed by atoms with Crippen molar-refractivity contribution in [2.75, 3.05) is 33.4 Å². The molecule has 17 heavy (non-hydrogen) atoms. The monoisotopic (exact) mass is 241 g/mol. The van der Waals surface area contributed by atoms with E-state index in [1.54, 1.807) is 13.4 Å². The van der Waals surface area contributed by atoms with E-state index >= 15 is 0 Å². The van der Waals surface area contributed by atoms with Gasteiger partial charge in [-0.25, -0.2) is 0 Å². The van der Waals surface area contributed by atoms with Crippen molar-refractivity contribution in [3.63, 3.8) is 0 Å². The van der Waals surface area contributed by atoms with Gasteiger partial charge in [-0.2, -0.15) is 0 Å². The van der Waals surface area contributed by atoms with E-state index in [2.05, 4.69) is 12.2 Å². The summed E-state index contributed by atoms with van der Waals surface area (Å²) in [6.45, 7) is 6.27. The van der Waals surface area contributed by atoms with Crippen LogP contribution in [0.2, 0.25) is 0 Å². The molecule has 1 unspecified atom stereocenters. The van der Waals surface area contributed by atoms with Gasteiger partial charge in [0.25, 0.3) is 0 Å². The highest BCUT2D eigenvalue weighted by atomic mass is 16.5. The molecule has 1 heterocycles. The number of nitrogens with one attached hydrogen (secondary N) is 1. The summed E-state index contributed by atoms with van der Waals surface area (Å²) in [6.07, 6.45) is 2.68. The van der Waals surface area contributed by atoms with E-state index in [1.807, 2.05) is 12.1 Å². The fraction of sp³-hybridized carbons (Fsp3) is 0.692. The Kier molecular flexibility index (Phi) is 7.71. The zero-order valence-electron chi connectivity index (χ0n) is 10.8. The van der Waals surface area contributed by atoms with E-state index in [1.165, 1.54) is 0 Å². The quantitative estimate of drug-likeness (QED) is 0.637. The molecule has 1 N–H and O–H groups in total. The predicted molar refractivity (Wildman–Crippen MR) is 66.9 cm³/mol. The highest BCUT2D eigenvalue weighted by Crippen LogP contribution is 2.01. The maximum Gasteiger partial charge on any atom is 0.129 e. The number of ether oxygens (including phenoxy) is 2. The van der Waals surface area contributed by atoms with E-state index in [9.17, 15) is 0 Å². The minimum absolute atomic E-state index is 0.559. The minimum Gasteiger partial charge on any atom is -0.467 e. The molecule has 0 aliphatic rings. The maximum atomic E-state index is 5.47. The Bertz CT molecular complexity index is 262. The Morgan fingerprint density at radius 3 is 3.06 bits per heavy atom. The van der Waals surface area contributed by atoms with Crippen LogP contribution in [0.1, 0.15) is 19.1 Å². The van der Waals surface area contributed by atoms with Crippen molar-refractivity contribution in [1.29, 1.82) is 0 Å². The summed E-state index contributed by atoms with van der Waals surface area (Å²) in [7, 11) is 1.74. The normalized spacial score (nSPS) is 12.8. The second-order valence-electron chi connectivity index (χ2n) is 4.25. The zero-order chi connectivity index (χ0) is 12.3. The van der Waals surface area contributed by atoms with Crippen LogP contribution in [0.25, 0.3) is 0 Å². The molecule has 1 aromatic heterocycles. The lowest BCUT2D eigenvalue weighted by Crippen LogP contribution is -2.25. The summed E-state index contributed by atoms with van der Waals surface area (Å²) in [5, 5.41) is 3.38. The summed E-state index contributed by atoms with van der Waals surface area (Å²) in [6, 6.07) is 3.79. The van der Waals surface area contributed by atoms with Crippen molar-refractivity contribution in [3.8, 4) is 0 Å². The van der Waals surface area contributed by atoms with Crippen molar-refractivity contribution in [1.82, 2.24) is 5.32 Å². The van der Waals surface area contributed by atoms with Gasteiger partial charge in [0, 0.05) is 20.3 Å². The molecular formula is C13H23NO3. The van der Waals surface area contributed by atoms with E-state index in [0.717, 1.165) is 38.5 Å². The lowest BCUT2D eigenvalue weighted by molar-refractivity contribution is 0.103. The van der Waals surface area contributed by atoms with Crippen LogP contribution in [-0.4, -0.2) is 33.4 Å². The highest BCUT2D eigenvalue weighted by molar-refractivity contribution is 4.95. The molecule has 0 aromatic carbocycles. The van der Waals surface area contributed by atoms with E-state index < -0.39 is 0 Å². The first-order valence-electron chi connectivity index (χ1n) is 6.12. The Labute approximate surface area is 103 Å². The Morgan fingerprint density at radius 2 is 2.35 bits per heavy atom. The highest BCUT2D eigenvalue weighted by Gasteiger charge is 2.00. The summed E-state index contributed by atoms with van der Waals surface area (Å²) < 4.78 is 15.7. The SMILES string of the molecule is COCC(C)CNCCCOCc1ccco1.